The second kappa shape index (κ2) is 12.6. The molecule has 1 saturated carbocycles. The molecule has 3 rings (SSSR count). The Morgan fingerprint density at radius 3 is 2.16 bits per heavy atom. The minimum atomic E-state index is -6.20. The third-order valence-electron chi connectivity index (χ3n) is 9.22. The van der Waals surface area contributed by atoms with Crippen LogP contribution >= 0.6 is 0 Å². The lowest BCUT2D eigenvalue weighted by molar-refractivity contribution is -0.349. The van der Waals surface area contributed by atoms with Gasteiger partial charge in [0.2, 0.25) is 0 Å². The van der Waals surface area contributed by atoms with E-state index in [2.05, 4.69) is 6.08 Å². The number of carbonyl (C=O) groups is 3. The van der Waals surface area contributed by atoms with Gasteiger partial charge in [0.05, 0.1) is 0 Å². The van der Waals surface area contributed by atoms with E-state index in [1.165, 1.54) is 13.8 Å². The lowest BCUT2D eigenvalue weighted by Gasteiger charge is -2.41. The fraction of sp³-hybridized carbons (Fsp3) is 0.645. The zero-order chi connectivity index (χ0) is 32.5. The van der Waals surface area contributed by atoms with Crippen LogP contribution < -0.4 is 0 Å². The Hall–Kier alpha value is -2.89. The predicted octanol–water partition coefficient (Wildman–Crippen LogP) is 7.03. The number of ether oxygens (including phenoxy) is 2. The summed E-state index contributed by atoms with van der Waals surface area (Å²) in [5, 5.41) is 9.41. The van der Waals surface area contributed by atoms with E-state index in [1.807, 2.05) is 26.0 Å². The van der Waals surface area contributed by atoms with Crippen LogP contribution in [-0.4, -0.2) is 53.0 Å². The van der Waals surface area contributed by atoms with Crippen molar-refractivity contribution in [2.45, 2.75) is 110 Å². The molecule has 0 aromatic carbocycles. The van der Waals surface area contributed by atoms with Crippen LogP contribution in [0.5, 0.6) is 0 Å². The molecular formula is C31H38F6O6. The van der Waals surface area contributed by atoms with E-state index in [0.29, 0.717) is 31.3 Å². The molecule has 0 radical (unpaired) electrons. The number of Topliss-reactive ketones (excluding diaryl/α,β-unsaturated/α-hetero) is 1. The maximum absolute atomic E-state index is 13.1. The summed E-state index contributed by atoms with van der Waals surface area (Å²) in [6.45, 7) is 8.11. The topological polar surface area (TPSA) is 89.9 Å². The third kappa shape index (κ3) is 7.10. The molecule has 240 valence electrons. The summed E-state index contributed by atoms with van der Waals surface area (Å²) in [5.41, 5.74) is -2.54. The first-order valence-electron chi connectivity index (χ1n) is 14.2. The molecule has 5 atom stereocenters. The van der Waals surface area contributed by atoms with Crippen molar-refractivity contribution in [2.24, 2.45) is 17.3 Å². The molecule has 0 saturated heterocycles. The van der Waals surface area contributed by atoms with Crippen molar-refractivity contribution >= 4 is 17.7 Å². The van der Waals surface area contributed by atoms with Gasteiger partial charge in [0.25, 0.3) is 0 Å². The zero-order valence-electron chi connectivity index (χ0n) is 24.8. The number of carbonyl (C=O) groups excluding carboxylic acids is 3. The molecule has 3 aliphatic rings. The number of ketones is 1. The number of hydrogen-bond acceptors (Lipinski definition) is 6. The van der Waals surface area contributed by atoms with Crippen LogP contribution in [0.2, 0.25) is 0 Å². The minimum Gasteiger partial charge on any atom is -0.462 e. The molecule has 0 bridgehead atoms. The smallest absolute Gasteiger partial charge is 0.433 e. The fourth-order valence-corrected chi connectivity index (χ4v) is 6.95. The SMILES string of the molecule is CC(=O)O[C@@H]1CC(/C=C\C2=CCCC3(C)C2CCC3/C(C)=C\CC(=O)C(O)(C(F)(F)F)C(F)(F)F)=C(C)[C@@H](OC(C)=O)C1. The summed E-state index contributed by atoms with van der Waals surface area (Å²) in [4.78, 5) is 35.3. The molecule has 3 unspecified atom stereocenters. The Labute approximate surface area is 246 Å². The van der Waals surface area contributed by atoms with E-state index in [9.17, 15) is 45.8 Å². The van der Waals surface area contributed by atoms with Crippen molar-refractivity contribution in [3.05, 3.63) is 46.6 Å². The number of hydrogen-bond donors (Lipinski definition) is 1. The number of halogens is 6. The molecule has 43 heavy (non-hydrogen) atoms. The van der Waals surface area contributed by atoms with Gasteiger partial charge < -0.3 is 14.6 Å². The van der Waals surface area contributed by atoms with Gasteiger partial charge in [-0.2, -0.15) is 26.3 Å². The first kappa shape index (κ1) is 34.6. The van der Waals surface area contributed by atoms with Gasteiger partial charge in [0.15, 0.2) is 5.78 Å². The van der Waals surface area contributed by atoms with E-state index in [1.54, 1.807) is 6.92 Å². The minimum absolute atomic E-state index is 0.0434. The van der Waals surface area contributed by atoms with Crippen LogP contribution in [0.3, 0.4) is 0 Å². The van der Waals surface area contributed by atoms with Gasteiger partial charge >= 0.3 is 29.9 Å². The molecule has 1 fully saturated rings. The standard InChI is InChI=1S/C31H38F6O6/c1-17(8-13-27(40)29(41,30(32,33)34)31(35,36)37)24-11-12-25-21(7-6-14-28(24,25)5)9-10-22-15-23(42-19(3)38)16-26(18(22)2)43-20(4)39/h7-10,23-26,41H,6,11-16H2,1-5H3/b10-9-,17-8-/t23-,24?,25?,26+,28?/m1/s1. The molecule has 6 nitrogen and oxygen atoms in total. The Morgan fingerprint density at radius 1 is 1.00 bits per heavy atom. The maximum Gasteiger partial charge on any atom is 0.433 e. The van der Waals surface area contributed by atoms with Gasteiger partial charge in [-0.3, -0.25) is 14.4 Å². The van der Waals surface area contributed by atoms with Gasteiger partial charge in [0, 0.05) is 33.1 Å². The van der Waals surface area contributed by atoms with Crippen LogP contribution in [0.25, 0.3) is 0 Å². The average Bonchev–Trinajstić information content (AvgIpc) is 3.23. The van der Waals surface area contributed by atoms with Gasteiger partial charge in [-0.05, 0) is 73.5 Å². The highest BCUT2D eigenvalue weighted by Gasteiger charge is 2.74. The van der Waals surface area contributed by atoms with Crippen LogP contribution in [-0.2, 0) is 23.9 Å². The molecule has 12 heteroatoms. The van der Waals surface area contributed by atoms with Crippen LogP contribution in [0, 0.1) is 17.3 Å². The van der Waals surface area contributed by atoms with Gasteiger partial charge in [-0.1, -0.05) is 36.8 Å². The van der Waals surface area contributed by atoms with Crippen molar-refractivity contribution in [3.63, 3.8) is 0 Å². The van der Waals surface area contributed by atoms with Crippen LogP contribution in [0.1, 0.15) is 79.6 Å². The number of rotatable bonds is 8. The summed E-state index contributed by atoms with van der Waals surface area (Å²) >= 11 is 0. The summed E-state index contributed by atoms with van der Waals surface area (Å²) in [5.74, 6) is -3.41. The Kier molecular flexibility index (Phi) is 10.1. The number of alkyl halides is 6. The lowest BCUT2D eigenvalue weighted by atomic mass is 9.63. The summed E-state index contributed by atoms with van der Waals surface area (Å²) in [6.07, 6.45) is -3.98. The summed E-state index contributed by atoms with van der Waals surface area (Å²) in [6, 6.07) is 0. The van der Waals surface area contributed by atoms with Crippen molar-refractivity contribution < 1.29 is 55.3 Å². The molecule has 0 aromatic heterocycles. The molecule has 3 aliphatic carbocycles. The third-order valence-corrected chi connectivity index (χ3v) is 9.22. The fourth-order valence-electron chi connectivity index (χ4n) is 6.95. The molecule has 0 heterocycles. The number of fused-ring (bicyclic) bond motifs is 1. The molecule has 0 spiro atoms. The van der Waals surface area contributed by atoms with E-state index in [0.717, 1.165) is 35.6 Å². The van der Waals surface area contributed by atoms with E-state index in [-0.39, 0.29) is 17.3 Å². The highest BCUT2D eigenvalue weighted by atomic mass is 19.4. The number of aliphatic hydroxyl groups is 1. The molecule has 0 aromatic rings. The largest absolute Gasteiger partial charge is 0.462 e. The summed E-state index contributed by atoms with van der Waals surface area (Å²) < 4.78 is 89.6. The normalized spacial score (nSPS) is 28.9. The molecule has 0 aliphatic heterocycles. The monoisotopic (exact) mass is 620 g/mol. The molecule has 0 amide bonds. The van der Waals surface area contributed by atoms with Crippen molar-refractivity contribution in [2.75, 3.05) is 0 Å². The number of allylic oxidation sites excluding steroid dienone is 6. The highest BCUT2D eigenvalue weighted by molar-refractivity contribution is 5.90. The second-order valence-corrected chi connectivity index (χ2v) is 12.0. The summed E-state index contributed by atoms with van der Waals surface area (Å²) in [7, 11) is 0. The van der Waals surface area contributed by atoms with E-state index in [4.69, 9.17) is 9.47 Å². The highest BCUT2D eigenvalue weighted by Crippen LogP contribution is 2.58. The van der Waals surface area contributed by atoms with E-state index < -0.39 is 54.3 Å². The Bertz CT molecular complexity index is 1230. The van der Waals surface area contributed by atoms with Crippen molar-refractivity contribution in [3.8, 4) is 0 Å². The van der Waals surface area contributed by atoms with Gasteiger partial charge in [-0.25, -0.2) is 0 Å². The van der Waals surface area contributed by atoms with Crippen LogP contribution in [0.15, 0.2) is 46.6 Å². The maximum atomic E-state index is 13.1. The zero-order valence-corrected chi connectivity index (χ0v) is 24.8. The quantitative estimate of drug-likeness (QED) is 0.178. The van der Waals surface area contributed by atoms with E-state index >= 15 is 0 Å². The van der Waals surface area contributed by atoms with Crippen molar-refractivity contribution in [1.82, 2.24) is 0 Å². The van der Waals surface area contributed by atoms with Gasteiger partial charge in [-0.15, -0.1) is 0 Å². The number of esters is 2. The average molecular weight is 621 g/mol. The molecule has 1 N–H and O–H groups in total. The Balaban J connectivity index is 1.81. The lowest BCUT2D eigenvalue weighted by Crippen LogP contribution is -2.62. The van der Waals surface area contributed by atoms with Crippen molar-refractivity contribution in [1.29, 1.82) is 0 Å². The first-order chi connectivity index (χ1) is 19.7. The van der Waals surface area contributed by atoms with Crippen LogP contribution in [0.4, 0.5) is 26.3 Å². The van der Waals surface area contributed by atoms with Gasteiger partial charge in [0.1, 0.15) is 12.2 Å². The predicted molar refractivity (Wildman–Crippen MR) is 144 cm³/mol. The Morgan fingerprint density at radius 2 is 1.60 bits per heavy atom. The second-order valence-electron chi connectivity index (χ2n) is 12.0. The first-order valence-corrected chi connectivity index (χ1v) is 14.2. The molecular weight excluding hydrogens is 582 g/mol.